The van der Waals surface area contributed by atoms with Crippen molar-refractivity contribution >= 4 is 130 Å². The number of carboxylic acid groups (broad SMARTS) is 2. The van der Waals surface area contributed by atoms with E-state index < -0.39 is 212 Å². The predicted molar refractivity (Wildman–Crippen MR) is 401 cm³/mol. The Kier molecular flexibility index (Phi) is 49.5. The molecule has 0 radical (unpaired) electrons. The summed E-state index contributed by atoms with van der Waals surface area (Å²) in [5, 5.41) is 100. The molecule has 0 aromatic carbocycles. The maximum Gasteiger partial charge on any atom is 0.397 e. The number of nitrogens with one attached hydrogen (secondary N) is 5. The monoisotopic (exact) mass is 1970 g/mol. The fraction of sp³-hybridized carbons (Fsp3) is 0.898. The van der Waals surface area contributed by atoms with Gasteiger partial charge in [-0.15, -0.1) is 21.7 Å². The lowest BCUT2D eigenvalue weighted by molar-refractivity contribution is -0.437. The van der Waals surface area contributed by atoms with Crippen LogP contribution in [0.25, 0.3) is 0 Å². The average Bonchev–Trinajstić information content (AvgIpc) is 0.904. The maximum absolute atomic E-state index is 14.1. The molecule has 65 heteroatoms. The van der Waals surface area contributed by atoms with Gasteiger partial charge < -0.3 is 113 Å². The molecule has 0 spiro atoms. The summed E-state index contributed by atoms with van der Waals surface area (Å²) in [4.78, 5) is 78.4. The molecule has 7 fully saturated rings. The number of unbranched alkanes of at least 4 members (excludes halogenated alkanes) is 5. The van der Waals surface area contributed by atoms with Crippen molar-refractivity contribution in [1.82, 2.24) is 26.6 Å². The van der Waals surface area contributed by atoms with Crippen LogP contribution in [0.15, 0.2) is 0 Å². The second-order valence-electron chi connectivity index (χ2n) is 26.8. The van der Waals surface area contributed by atoms with E-state index in [2.05, 4.69) is 77.6 Å². The quantitative estimate of drug-likeness (QED) is 0.00931. The lowest BCUT2D eigenvalue weighted by atomic mass is 9.94. The summed E-state index contributed by atoms with van der Waals surface area (Å²) in [5.74, 6) is -3.91. The number of amides is 5. The van der Waals surface area contributed by atoms with Crippen molar-refractivity contribution in [3.8, 4) is 0 Å². The van der Waals surface area contributed by atoms with Crippen molar-refractivity contribution in [2.75, 3.05) is 88.4 Å². The zero-order chi connectivity index (χ0) is 90.5. The lowest BCUT2D eigenvalue weighted by Crippen LogP contribution is -2.70. The molecule has 5 amide bonds. The predicted octanol–water partition coefficient (Wildman–Crippen LogP) is -0.261. The molecule has 7 aliphatic rings. The van der Waals surface area contributed by atoms with Crippen LogP contribution in [0, 0.1) is 0 Å². The molecule has 0 aromatic rings. The van der Waals surface area contributed by atoms with Crippen LogP contribution in [-0.4, -0.2) is 357 Å². The molecular formula is C59H99N5O52S8. The van der Waals surface area contributed by atoms with Gasteiger partial charge in [0.1, 0.15) is 97.6 Å². The third-order valence-electron chi connectivity index (χ3n) is 19.5. The van der Waals surface area contributed by atoms with Crippen LogP contribution in [0.4, 0.5) is 4.79 Å². The van der Waals surface area contributed by atoms with Crippen molar-refractivity contribution in [1.29, 1.82) is 0 Å². The molecule has 0 aromatic heterocycles. The van der Waals surface area contributed by atoms with Crippen LogP contribution in [0.1, 0.15) is 77.0 Å². The summed E-state index contributed by atoms with van der Waals surface area (Å²) in [6.07, 6.45) is -40.7. The first-order chi connectivity index (χ1) is 59.6. The van der Waals surface area contributed by atoms with Crippen molar-refractivity contribution in [3.63, 3.8) is 0 Å². The second kappa shape index (κ2) is 56.8. The molecule has 13 unspecified atom stereocenters. The van der Waals surface area contributed by atoms with Crippen molar-refractivity contribution in [2.24, 2.45) is 0 Å². The third-order valence-corrected chi connectivity index (χ3v) is 23.9. The largest absolute Gasteiger partial charge is 0.479 e. The smallest absolute Gasteiger partial charge is 0.397 e. The van der Waals surface area contributed by atoms with E-state index in [0.29, 0.717) is 50.3 Å². The molecule has 7 saturated heterocycles. The summed E-state index contributed by atoms with van der Waals surface area (Å²) < 4.78 is 225. The number of hydrogen-bond acceptors (Lipinski definition) is 54. The second-order valence-corrected chi connectivity index (χ2v) is 32.6. The first kappa shape index (κ1) is 108. The molecule has 0 saturated carbocycles. The van der Waals surface area contributed by atoms with Crippen molar-refractivity contribution < 1.29 is 243 Å². The summed E-state index contributed by atoms with van der Waals surface area (Å²) in [7, 11) is -3.36. The lowest BCUT2D eigenvalue weighted by Gasteiger charge is -2.51. The standard InChI is InChI=1S/C59H99N5O52S8/c1-84-36-28(23-92-123(78,79)80)94-54(35(39(36)85-2)63-33(67)19-11-9-15-21-60-31(65)17-10-8-14-20-61-32(66)18-13-12-16-30-34-26(25-117-30)62-59(72)64-34)99-42-40(86-3)48(88-5)57(101-46(42)52(68)69)98-38-29(24-93-124(81,82)83)96-58(51(106-122-116-111-77)45(38)104-120-114-109-75)100-43-41(87-4)49(89-6)56(102-47(43)53(70)71)97-37-27(22-91-118-112-107-73)95-55(90-7)50(105-121-115-110-76)44(37)103-119-113-108-74/h26-30,34-51,54-58,73-77H,8-25H2,1-7H3,(H,60,65)(H,61,66)(H,63,67)(H,68,69)(H,70,71)(H2,62,64,72)(H,78,79,80)(H,81,82,83)/t26?,27?,28?,29-,30?,34?,35?,36+,37+,38-,39-,40+,41?,42-,43+,44+,45?,46?,47-,48?,49?,50?,51?,54+,55-,56+,57-,58-/m1/s1. The Morgan fingerprint density at radius 3 is 1.27 bits per heavy atom. The van der Waals surface area contributed by atoms with Gasteiger partial charge in [-0.2, -0.15) is 28.6 Å². The Balaban J connectivity index is 1.09. The Hall–Kier alpha value is -2.98. The maximum atomic E-state index is 14.1. The molecule has 124 heavy (non-hydrogen) atoms. The van der Waals surface area contributed by atoms with E-state index in [-0.39, 0.29) is 117 Å². The molecule has 57 nitrogen and oxygen atoms in total. The van der Waals surface area contributed by atoms with E-state index >= 15 is 0 Å². The fourth-order valence-electron chi connectivity index (χ4n) is 14.2. The average molecular weight is 1970 g/mol. The minimum atomic E-state index is -5.58. The summed E-state index contributed by atoms with van der Waals surface area (Å²) in [5.41, 5.74) is 0. The number of rotatable bonds is 62. The number of methoxy groups -OCH3 is 7. The van der Waals surface area contributed by atoms with Crippen LogP contribution in [0.3, 0.4) is 0 Å². The number of carboxylic acids is 2. The van der Waals surface area contributed by atoms with Crippen molar-refractivity contribution in [2.45, 2.75) is 248 Å². The van der Waals surface area contributed by atoms with Crippen LogP contribution in [-0.2, 0) is 197 Å². The highest BCUT2D eigenvalue weighted by Crippen LogP contribution is 2.43. The zero-order valence-electron chi connectivity index (χ0n) is 66.2. The van der Waals surface area contributed by atoms with Crippen LogP contribution < -0.4 is 26.6 Å². The molecule has 0 bridgehead atoms. The highest BCUT2D eigenvalue weighted by Gasteiger charge is 2.62. The van der Waals surface area contributed by atoms with Gasteiger partial charge in [0.25, 0.3) is 0 Å². The zero-order valence-corrected chi connectivity index (χ0v) is 72.8. The van der Waals surface area contributed by atoms with Gasteiger partial charge >= 0.3 is 38.8 Å². The highest BCUT2D eigenvalue weighted by atomic mass is 32.3. The molecule has 28 atom stereocenters. The van der Waals surface area contributed by atoms with Crippen molar-refractivity contribution in [3.05, 3.63) is 0 Å². The van der Waals surface area contributed by atoms with E-state index in [0.717, 1.165) is 74.8 Å². The minimum absolute atomic E-state index is 0.0367. The SMILES string of the molecule is COC1C(OC)[C@H](O[C@H]2O[C@H](COS(=O)(=O)O)[C@@H](O[C@@H]3OC(C(=O)O)[C@H](O[C@@H]4OC(COS(=O)(=O)O)[C@H](OC)[C@H](OC)C4NC(=O)CCCCCNC(=O)CCCCCNC(=O)CCCCC4SCC5NC(=O)NC54)[C@H](OC)C3OC)C(OSOOO)C2OSOOO)[C@H](C(=O)O)O[C@@H]1O[C@H]1C(COSOOO)O[C@@H](OC)C(OSOOO)[C@H]1OSOOO. The normalized spacial score (nSPS) is 33.4. The van der Waals surface area contributed by atoms with E-state index in [1.807, 2.05) is 11.8 Å². The molecule has 720 valence electrons. The van der Waals surface area contributed by atoms with Gasteiger partial charge in [0.15, 0.2) is 117 Å². The van der Waals surface area contributed by atoms with Crippen LogP contribution in [0.2, 0.25) is 0 Å². The molecule has 14 N–H and O–H groups in total. The fourth-order valence-corrected chi connectivity index (χ4v) is 18.0. The number of carbonyl (C=O) groups is 6. The number of aliphatic carboxylic acids is 2. The van der Waals surface area contributed by atoms with Gasteiger partial charge in [-0.25, -0.2) is 49.0 Å². The summed E-state index contributed by atoms with van der Waals surface area (Å²) >= 11 is 1.18. The third kappa shape index (κ3) is 33.3. The first-order valence-corrected chi connectivity index (χ1v) is 44.0. The van der Waals surface area contributed by atoms with Gasteiger partial charge in [-0.05, 0) is 38.5 Å². The molecular weight excluding hydrogens is 1870 g/mol. The summed E-state index contributed by atoms with van der Waals surface area (Å²) in [6.45, 7) is -2.43. The van der Waals surface area contributed by atoms with Gasteiger partial charge in [0.05, 0.1) is 31.9 Å². The van der Waals surface area contributed by atoms with E-state index in [9.17, 15) is 75.4 Å². The topological polar surface area (TPSA) is 718 Å². The molecule has 7 heterocycles. The van der Waals surface area contributed by atoms with E-state index in [1.165, 1.54) is 0 Å². The number of urea groups is 1. The first-order valence-electron chi connectivity index (χ1n) is 36.9. The number of ether oxygens (including phenoxy) is 16. The highest BCUT2D eigenvalue weighted by molar-refractivity contribution is 8.00. The Morgan fingerprint density at radius 1 is 0.427 bits per heavy atom. The Bertz CT molecular complexity index is 3380. The van der Waals surface area contributed by atoms with Gasteiger partial charge in [0, 0.05) is 93.1 Å². The van der Waals surface area contributed by atoms with Gasteiger partial charge in [0.2, 0.25) is 17.7 Å². The van der Waals surface area contributed by atoms with E-state index in [1.54, 1.807) is 0 Å². The number of hydrogen-bond donors (Lipinski definition) is 14. The number of thioether (sulfide) groups is 1. The van der Waals surface area contributed by atoms with E-state index in [4.69, 9.17) is 117 Å². The minimum Gasteiger partial charge on any atom is -0.479 e. The van der Waals surface area contributed by atoms with Gasteiger partial charge in [-0.1, -0.05) is 44.5 Å². The van der Waals surface area contributed by atoms with Crippen LogP contribution in [0.5, 0.6) is 0 Å². The van der Waals surface area contributed by atoms with Gasteiger partial charge in [-0.3, -0.25) is 44.4 Å². The van der Waals surface area contributed by atoms with Crippen LogP contribution >= 0.6 is 73.4 Å². The summed E-state index contributed by atoms with van der Waals surface area (Å²) in [6, 6.07) is -1.46. The Labute approximate surface area is 732 Å². The molecule has 7 rings (SSSR count). The Morgan fingerprint density at radius 2 is 0.823 bits per heavy atom. The number of carbonyl (C=O) groups excluding carboxylic acids is 4. The number of fused-ring (bicyclic) bond motifs is 1. The molecule has 7 aliphatic heterocycles. The molecule has 0 aliphatic carbocycles.